The summed E-state index contributed by atoms with van der Waals surface area (Å²) in [5, 5.41) is 2.72. The average molecular weight is 343 g/mol. The van der Waals surface area contributed by atoms with Crippen molar-refractivity contribution >= 4 is 28.6 Å². The summed E-state index contributed by atoms with van der Waals surface area (Å²) in [7, 11) is 0. The first-order valence-electron chi connectivity index (χ1n) is 8.73. The van der Waals surface area contributed by atoms with Crippen molar-refractivity contribution in [3.05, 3.63) is 28.7 Å². The number of hydrogen-bond donors (Lipinski definition) is 3. The lowest BCUT2D eigenvalue weighted by Gasteiger charge is -2.22. The maximum absolute atomic E-state index is 12.3. The molecule has 132 valence electrons. The van der Waals surface area contributed by atoms with Gasteiger partial charge in [-0.05, 0) is 56.2 Å². The number of imidazole rings is 1. The van der Waals surface area contributed by atoms with Gasteiger partial charge in [0.1, 0.15) is 0 Å². The van der Waals surface area contributed by atoms with Crippen molar-refractivity contribution in [3.63, 3.8) is 0 Å². The zero-order valence-electron chi connectivity index (χ0n) is 14.0. The van der Waals surface area contributed by atoms with Crippen LogP contribution in [0.5, 0.6) is 0 Å². The first-order chi connectivity index (χ1) is 12.0. The number of carbonyl (C=O) groups is 2. The highest BCUT2D eigenvalue weighted by Crippen LogP contribution is 2.48. The fourth-order valence-electron chi connectivity index (χ4n) is 4.20. The number of hydrogen-bond acceptors (Lipinski definition) is 4. The molecule has 2 saturated carbocycles. The van der Waals surface area contributed by atoms with Crippen molar-refractivity contribution in [2.24, 2.45) is 17.8 Å². The number of nitrogens with one attached hydrogen (secondary N) is 3. The van der Waals surface area contributed by atoms with E-state index in [0.717, 1.165) is 19.3 Å². The van der Waals surface area contributed by atoms with Crippen LogP contribution < -0.4 is 11.0 Å². The number of anilines is 1. The molecule has 2 bridgehead atoms. The lowest BCUT2D eigenvalue weighted by atomic mass is 9.89. The molecule has 2 aliphatic rings. The molecule has 0 saturated heterocycles. The van der Waals surface area contributed by atoms with E-state index in [0.29, 0.717) is 28.6 Å². The molecule has 1 heterocycles. The Labute approximate surface area is 144 Å². The second-order valence-electron chi connectivity index (χ2n) is 7.19. The fourth-order valence-corrected chi connectivity index (χ4v) is 4.20. The molecule has 2 fully saturated rings. The van der Waals surface area contributed by atoms with E-state index in [4.69, 9.17) is 4.74 Å². The van der Waals surface area contributed by atoms with Crippen LogP contribution in [0.4, 0.5) is 5.69 Å². The Balaban J connectivity index is 1.37. The minimum atomic E-state index is -0.854. The van der Waals surface area contributed by atoms with E-state index in [2.05, 4.69) is 15.3 Å². The minimum Gasteiger partial charge on any atom is -0.452 e. The summed E-state index contributed by atoms with van der Waals surface area (Å²) in [6, 6.07) is 5.05. The van der Waals surface area contributed by atoms with E-state index < -0.39 is 6.10 Å². The Morgan fingerprint density at radius 1 is 1.20 bits per heavy atom. The van der Waals surface area contributed by atoms with Gasteiger partial charge in [0.2, 0.25) is 0 Å². The van der Waals surface area contributed by atoms with Gasteiger partial charge in [0.15, 0.2) is 6.10 Å². The quantitative estimate of drug-likeness (QED) is 0.740. The van der Waals surface area contributed by atoms with Gasteiger partial charge in [-0.2, -0.15) is 0 Å². The van der Waals surface area contributed by atoms with E-state index in [9.17, 15) is 14.4 Å². The zero-order valence-corrected chi connectivity index (χ0v) is 14.0. The number of benzene rings is 1. The number of amides is 1. The third kappa shape index (κ3) is 3.06. The molecule has 4 rings (SSSR count). The number of aromatic nitrogens is 2. The maximum atomic E-state index is 12.3. The molecule has 1 amide bonds. The molecule has 1 aromatic heterocycles. The second kappa shape index (κ2) is 6.06. The van der Waals surface area contributed by atoms with Gasteiger partial charge in [-0.15, -0.1) is 0 Å². The van der Waals surface area contributed by atoms with Crippen LogP contribution in [0.25, 0.3) is 11.0 Å². The Morgan fingerprint density at radius 3 is 2.72 bits per heavy atom. The standard InChI is InChI=1S/C18H21N3O4/c1-9(25-17(23)13-7-10-2-3-11(13)6-10)16(22)19-12-4-5-14-15(8-12)21-18(24)20-14/h4-5,8-11,13H,2-3,6-7H2,1H3,(H,19,22)(H2,20,21,24)/t9-,10-,11-,13-/m0/s1. The summed E-state index contributed by atoms with van der Waals surface area (Å²) in [6.45, 7) is 1.58. The minimum absolute atomic E-state index is 0.0460. The molecule has 25 heavy (non-hydrogen) atoms. The summed E-state index contributed by atoms with van der Waals surface area (Å²) in [4.78, 5) is 41.2. The van der Waals surface area contributed by atoms with Gasteiger partial charge >= 0.3 is 11.7 Å². The van der Waals surface area contributed by atoms with Crippen LogP contribution in [-0.4, -0.2) is 27.9 Å². The molecular weight excluding hydrogens is 322 g/mol. The Kier molecular flexibility index (Phi) is 3.86. The Morgan fingerprint density at radius 2 is 2.00 bits per heavy atom. The number of aromatic amines is 2. The molecule has 3 N–H and O–H groups in total. The van der Waals surface area contributed by atoms with Gasteiger partial charge in [0, 0.05) is 5.69 Å². The monoisotopic (exact) mass is 343 g/mol. The molecule has 0 radical (unpaired) electrons. The van der Waals surface area contributed by atoms with Crippen LogP contribution in [-0.2, 0) is 14.3 Å². The lowest BCUT2D eigenvalue weighted by molar-refractivity contribution is -0.158. The van der Waals surface area contributed by atoms with E-state index >= 15 is 0 Å². The number of rotatable bonds is 4. The van der Waals surface area contributed by atoms with E-state index in [1.54, 1.807) is 25.1 Å². The highest BCUT2D eigenvalue weighted by Gasteiger charge is 2.44. The fraction of sp³-hybridized carbons (Fsp3) is 0.500. The summed E-state index contributed by atoms with van der Waals surface area (Å²) in [5.41, 5.74) is 1.51. The van der Waals surface area contributed by atoms with Crippen LogP contribution in [0.2, 0.25) is 0 Å². The van der Waals surface area contributed by atoms with Crippen LogP contribution in [0.3, 0.4) is 0 Å². The topological polar surface area (TPSA) is 104 Å². The smallest absolute Gasteiger partial charge is 0.323 e. The van der Waals surface area contributed by atoms with Crippen LogP contribution in [0.1, 0.15) is 32.6 Å². The Bertz CT molecular complexity index is 884. The molecule has 2 aromatic rings. The third-order valence-corrected chi connectivity index (χ3v) is 5.49. The SMILES string of the molecule is C[C@H](OC(=O)[C@H]1C[C@H]2CC[C@H]1C2)C(=O)Nc1ccc2[nH]c(=O)[nH]c2c1. The predicted octanol–water partition coefficient (Wildman–Crippen LogP) is 2.16. The second-order valence-corrected chi connectivity index (χ2v) is 7.19. The number of carbonyl (C=O) groups excluding carboxylic acids is 2. The van der Waals surface area contributed by atoms with Crippen LogP contribution >= 0.6 is 0 Å². The van der Waals surface area contributed by atoms with Crippen molar-refractivity contribution < 1.29 is 14.3 Å². The highest BCUT2D eigenvalue weighted by atomic mass is 16.5. The molecule has 7 heteroatoms. The van der Waals surface area contributed by atoms with Gasteiger partial charge in [-0.25, -0.2) is 4.79 Å². The van der Waals surface area contributed by atoms with Crippen molar-refractivity contribution in [2.75, 3.05) is 5.32 Å². The van der Waals surface area contributed by atoms with Gasteiger partial charge < -0.3 is 20.0 Å². The Hall–Kier alpha value is -2.57. The number of H-pyrrole nitrogens is 2. The average Bonchev–Trinajstić information content (AvgIpc) is 3.28. The lowest BCUT2D eigenvalue weighted by Crippen LogP contribution is -2.33. The van der Waals surface area contributed by atoms with Crippen molar-refractivity contribution in [1.29, 1.82) is 0 Å². The molecule has 1 aromatic carbocycles. The largest absolute Gasteiger partial charge is 0.452 e. The molecule has 0 spiro atoms. The first kappa shape index (κ1) is 15.9. The zero-order chi connectivity index (χ0) is 17.6. The number of fused-ring (bicyclic) bond motifs is 3. The summed E-state index contributed by atoms with van der Waals surface area (Å²) in [5.74, 6) is 0.409. The number of ether oxygens (including phenoxy) is 1. The molecule has 7 nitrogen and oxygen atoms in total. The molecule has 4 atom stereocenters. The van der Waals surface area contributed by atoms with Crippen molar-refractivity contribution in [3.8, 4) is 0 Å². The normalized spacial score (nSPS) is 25.9. The summed E-state index contributed by atoms with van der Waals surface area (Å²) in [6.07, 6.45) is 3.48. The molecule has 0 aliphatic heterocycles. The first-order valence-corrected chi connectivity index (χ1v) is 8.73. The molecule has 2 aliphatic carbocycles. The number of esters is 1. The van der Waals surface area contributed by atoms with Crippen LogP contribution in [0.15, 0.2) is 23.0 Å². The highest BCUT2D eigenvalue weighted by molar-refractivity contribution is 5.96. The molecule has 0 unspecified atom stereocenters. The predicted molar refractivity (Wildman–Crippen MR) is 92.0 cm³/mol. The van der Waals surface area contributed by atoms with Gasteiger partial charge in [0.05, 0.1) is 17.0 Å². The van der Waals surface area contributed by atoms with Gasteiger partial charge in [-0.1, -0.05) is 6.42 Å². The summed E-state index contributed by atoms with van der Waals surface area (Å²) < 4.78 is 5.40. The van der Waals surface area contributed by atoms with Gasteiger partial charge in [0.25, 0.3) is 5.91 Å². The van der Waals surface area contributed by atoms with Crippen molar-refractivity contribution in [1.82, 2.24) is 9.97 Å². The van der Waals surface area contributed by atoms with Gasteiger partial charge in [-0.3, -0.25) is 9.59 Å². The third-order valence-electron chi connectivity index (χ3n) is 5.49. The van der Waals surface area contributed by atoms with E-state index in [1.807, 2.05) is 0 Å². The summed E-state index contributed by atoms with van der Waals surface area (Å²) >= 11 is 0. The van der Waals surface area contributed by atoms with E-state index in [1.165, 1.54) is 6.42 Å². The molecular formula is C18H21N3O4. The van der Waals surface area contributed by atoms with E-state index in [-0.39, 0.29) is 23.5 Å². The van der Waals surface area contributed by atoms with Crippen LogP contribution in [0, 0.1) is 17.8 Å². The maximum Gasteiger partial charge on any atom is 0.323 e. The van der Waals surface area contributed by atoms with Crippen molar-refractivity contribution in [2.45, 2.75) is 38.7 Å².